The Hall–Kier alpha value is -0.110. The summed E-state index contributed by atoms with van der Waals surface area (Å²) in [5.74, 6) is 0. The molecule has 1 aromatic rings. The fourth-order valence-electron chi connectivity index (χ4n) is 1.59. The Labute approximate surface area is 106 Å². The second kappa shape index (κ2) is 7.26. The third kappa shape index (κ3) is 4.82. The standard InChI is InChI=1S/C12H18BrO2P/c1-2-15-16(14,10-6-9-13)11-12-7-4-3-5-8-12/h3-5,7-8H,2,6,9-11H2,1H3. The van der Waals surface area contributed by atoms with E-state index in [1.165, 1.54) is 0 Å². The molecule has 4 heteroatoms. The van der Waals surface area contributed by atoms with Gasteiger partial charge >= 0.3 is 0 Å². The van der Waals surface area contributed by atoms with Crippen molar-refractivity contribution in [2.45, 2.75) is 19.5 Å². The van der Waals surface area contributed by atoms with Crippen molar-refractivity contribution in [3.8, 4) is 0 Å². The first-order valence-electron chi connectivity index (χ1n) is 5.52. The maximum atomic E-state index is 12.5. The van der Waals surface area contributed by atoms with E-state index < -0.39 is 7.37 Å². The Morgan fingerprint density at radius 3 is 2.56 bits per heavy atom. The molecule has 1 aromatic carbocycles. The quantitative estimate of drug-likeness (QED) is 0.555. The van der Waals surface area contributed by atoms with Gasteiger partial charge in [-0.3, -0.25) is 4.57 Å². The fourth-order valence-corrected chi connectivity index (χ4v) is 4.56. The van der Waals surface area contributed by atoms with Crippen molar-refractivity contribution in [1.82, 2.24) is 0 Å². The van der Waals surface area contributed by atoms with Crippen LogP contribution in [0.5, 0.6) is 0 Å². The Kier molecular flexibility index (Phi) is 6.33. The highest BCUT2D eigenvalue weighted by Crippen LogP contribution is 2.50. The van der Waals surface area contributed by atoms with E-state index in [1.807, 2.05) is 37.3 Å². The van der Waals surface area contributed by atoms with Crippen molar-refractivity contribution in [3.05, 3.63) is 35.9 Å². The molecule has 16 heavy (non-hydrogen) atoms. The minimum Gasteiger partial charge on any atom is -0.329 e. The van der Waals surface area contributed by atoms with E-state index in [1.54, 1.807) is 0 Å². The number of benzene rings is 1. The van der Waals surface area contributed by atoms with Crippen molar-refractivity contribution in [2.75, 3.05) is 18.1 Å². The molecule has 0 amide bonds. The summed E-state index contributed by atoms with van der Waals surface area (Å²) in [5.41, 5.74) is 1.09. The summed E-state index contributed by atoms with van der Waals surface area (Å²) < 4.78 is 18.0. The Morgan fingerprint density at radius 1 is 1.31 bits per heavy atom. The molecule has 0 N–H and O–H groups in total. The van der Waals surface area contributed by atoms with Gasteiger partial charge in [-0.15, -0.1) is 0 Å². The van der Waals surface area contributed by atoms with Crippen LogP contribution in [0.4, 0.5) is 0 Å². The lowest BCUT2D eigenvalue weighted by Crippen LogP contribution is -1.99. The summed E-state index contributed by atoms with van der Waals surface area (Å²) in [4.78, 5) is 0. The summed E-state index contributed by atoms with van der Waals surface area (Å²) in [6.07, 6.45) is 2.10. The lowest BCUT2D eigenvalue weighted by atomic mass is 10.2. The van der Waals surface area contributed by atoms with Gasteiger partial charge in [-0.25, -0.2) is 0 Å². The largest absolute Gasteiger partial charge is 0.329 e. The normalized spacial score (nSPS) is 14.6. The van der Waals surface area contributed by atoms with Gasteiger partial charge in [0.25, 0.3) is 0 Å². The predicted molar refractivity (Wildman–Crippen MR) is 72.7 cm³/mol. The molecule has 0 heterocycles. The van der Waals surface area contributed by atoms with E-state index in [0.717, 1.165) is 17.3 Å². The molecule has 1 rings (SSSR count). The summed E-state index contributed by atoms with van der Waals surface area (Å²) in [6, 6.07) is 9.90. The molecule has 90 valence electrons. The van der Waals surface area contributed by atoms with E-state index in [-0.39, 0.29) is 0 Å². The maximum Gasteiger partial charge on any atom is 0.207 e. The Balaban J connectivity index is 2.67. The van der Waals surface area contributed by atoms with Crippen LogP contribution in [0.1, 0.15) is 18.9 Å². The van der Waals surface area contributed by atoms with Crippen LogP contribution in [0, 0.1) is 0 Å². The summed E-state index contributed by atoms with van der Waals surface area (Å²) in [5, 5.41) is 0.874. The lowest BCUT2D eigenvalue weighted by molar-refractivity contribution is 0.332. The smallest absolute Gasteiger partial charge is 0.207 e. The predicted octanol–water partition coefficient (Wildman–Crippen LogP) is 4.29. The number of hydrogen-bond donors (Lipinski definition) is 0. The Bertz CT molecular complexity index is 340. The summed E-state index contributed by atoms with van der Waals surface area (Å²) in [6.45, 7) is 2.41. The average Bonchev–Trinajstić information content (AvgIpc) is 2.28. The van der Waals surface area contributed by atoms with Gasteiger partial charge in [0.1, 0.15) is 0 Å². The third-order valence-corrected chi connectivity index (χ3v) is 5.40. The van der Waals surface area contributed by atoms with Crippen molar-refractivity contribution in [1.29, 1.82) is 0 Å². The molecule has 0 aromatic heterocycles. The van der Waals surface area contributed by atoms with Gasteiger partial charge in [0.2, 0.25) is 7.37 Å². The molecule has 0 saturated carbocycles. The molecule has 0 aliphatic rings. The monoisotopic (exact) mass is 304 g/mol. The van der Waals surface area contributed by atoms with Crippen LogP contribution in [-0.2, 0) is 15.3 Å². The zero-order valence-corrected chi connectivity index (χ0v) is 12.0. The minimum absolute atomic E-state index is 0.520. The van der Waals surface area contributed by atoms with Crippen LogP contribution in [0.3, 0.4) is 0 Å². The van der Waals surface area contributed by atoms with Crippen molar-refractivity contribution in [3.63, 3.8) is 0 Å². The molecule has 0 fully saturated rings. The van der Waals surface area contributed by atoms with E-state index in [2.05, 4.69) is 15.9 Å². The molecule has 0 spiro atoms. The average molecular weight is 305 g/mol. The van der Waals surface area contributed by atoms with Gasteiger partial charge in [0, 0.05) is 17.7 Å². The van der Waals surface area contributed by atoms with Gasteiger partial charge in [0.05, 0.1) is 6.61 Å². The van der Waals surface area contributed by atoms with Crippen LogP contribution >= 0.6 is 23.3 Å². The molecule has 0 aliphatic carbocycles. The van der Waals surface area contributed by atoms with E-state index in [9.17, 15) is 4.57 Å². The molecular weight excluding hydrogens is 287 g/mol. The van der Waals surface area contributed by atoms with Gasteiger partial charge in [0.15, 0.2) is 0 Å². The molecule has 0 bridgehead atoms. The van der Waals surface area contributed by atoms with Crippen molar-refractivity contribution < 1.29 is 9.09 Å². The molecule has 1 atom stereocenters. The molecule has 0 radical (unpaired) electrons. The molecule has 1 unspecified atom stereocenters. The van der Waals surface area contributed by atoms with Crippen molar-refractivity contribution in [2.24, 2.45) is 0 Å². The van der Waals surface area contributed by atoms with Gasteiger partial charge in [-0.05, 0) is 18.9 Å². The number of alkyl halides is 1. The van der Waals surface area contributed by atoms with E-state index >= 15 is 0 Å². The number of rotatable bonds is 7. The highest BCUT2D eigenvalue weighted by Gasteiger charge is 2.22. The first kappa shape index (κ1) is 14.0. The molecule has 2 nitrogen and oxygen atoms in total. The topological polar surface area (TPSA) is 26.3 Å². The summed E-state index contributed by atoms with van der Waals surface area (Å²) >= 11 is 3.36. The number of hydrogen-bond acceptors (Lipinski definition) is 2. The fraction of sp³-hybridized carbons (Fsp3) is 0.500. The van der Waals surface area contributed by atoms with Gasteiger partial charge < -0.3 is 4.52 Å². The van der Waals surface area contributed by atoms with Gasteiger partial charge in [-0.2, -0.15) is 0 Å². The highest BCUT2D eigenvalue weighted by atomic mass is 79.9. The first-order chi connectivity index (χ1) is 7.70. The highest BCUT2D eigenvalue weighted by molar-refractivity contribution is 9.09. The Morgan fingerprint density at radius 2 is 2.00 bits per heavy atom. The van der Waals surface area contributed by atoms with Gasteiger partial charge in [-0.1, -0.05) is 46.3 Å². The summed E-state index contributed by atoms with van der Waals surface area (Å²) in [7, 11) is -2.49. The van der Waals surface area contributed by atoms with Crippen LogP contribution < -0.4 is 0 Å². The van der Waals surface area contributed by atoms with Crippen LogP contribution in [0.25, 0.3) is 0 Å². The zero-order chi connectivity index (χ0) is 11.9. The second-order valence-corrected chi connectivity index (χ2v) is 7.09. The SMILES string of the molecule is CCOP(=O)(CCCBr)Cc1ccccc1. The second-order valence-electron chi connectivity index (χ2n) is 3.64. The molecular formula is C12H18BrO2P. The number of halogens is 1. The molecule has 0 saturated heterocycles. The van der Waals surface area contributed by atoms with E-state index in [4.69, 9.17) is 4.52 Å². The lowest BCUT2D eigenvalue weighted by Gasteiger charge is -2.17. The van der Waals surface area contributed by atoms with Crippen LogP contribution in [-0.4, -0.2) is 18.1 Å². The van der Waals surface area contributed by atoms with Crippen LogP contribution in [0.15, 0.2) is 30.3 Å². The van der Waals surface area contributed by atoms with Crippen LogP contribution in [0.2, 0.25) is 0 Å². The third-order valence-electron chi connectivity index (χ3n) is 2.26. The van der Waals surface area contributed by atoms with Crippen molar-refractivity contribution >= 4 is 23.3 Å². The zero-order valence-electron chi connectivity index (χ0n) is 9.56. The van der Waals surface area contributed by atoms with E-state index in [0.29, 0.717) is 18.9 Å². The molecule has 0 aliphatic heterocycles. The maximum absolute atomic E-state index is 12.5. The first-order valence-corrected chi connectivity index (χ1v) is 8.64. The minimum atomic E-state index is -2.49.